The molecule has 2 atom stereocenters. The quantitative estimate of drug-likeness (QED) is 0.597. The lowest BCUT2D eigenvalue weighted by atomic mass is 10.0. The lowest BCUT2D eigenvalue weighted by Gasteiger charge is -2.37. The molecule has 3 heterocycles. The normalized spacial score (nSPS) is 22.8. The molecule has 2 aliphatic heterocycles. The highest BCUT2D eigenvalue weighted by Gasteiger charge is 2.32. The van der Waals surface area contributed by atoms with E-state index in [1.807, 2.05) is 24.3 Å². The number of thiazole rings is 1. The highest BCUT2D eigenvalue weighted by Crippen LogP contribution is 2.35. The third kappa shape index (κ3) is 3.63. The molecular weight excluding hydrogens is 376 g/mol. The van der Waals surface area contributed by atoms with Gasteiger partial charge in [0.2, 0.25) is 0 Å². The van der Waals surface area contributed by atoms with Crippen LogP contribution < -0.4 is 4.90 Å². The summed E-state index contributed by atoms with van der Waals surface area (Å²) in [6.45, 7) is 5.86. The standard InChI is InChI=1S/C24H26N4S/c1-17-4-2-3-12-28(17)21-11-13-27(16-21)24-26-22-10-9-20(14-23(22)29-24)19-7-5-18(15-25)6-8-19/h5-10,14,17,21H,2-4,11-13,16H2,1H3/t17?,21-/m0/s1. The van der Waals surface area contributed by atoms with Crippen LogP contribution in [0.5, 0.6) is 0 Å². The number of likely N-dealkylation sites (tertiary alicyclic amines) is 1. The maximum atomic E-state index is 9.00. The maximum absolute atomic E-state index is 9.00. The predicted molar refractivity (Wildman–Crippen MR) is 120 cm³/mol. The van der Waals surface area contributed by atoms with E-state index in [1.165, 1.54) is 42.5 Å². The zero-order valence-corrected chi connectivity index (χ0v) is 17.7. The Bertz CT molecular complexity index is 1050. The number of nitriles is 1. The second kappa shape index (κ2) is 7.78. The first-order chi connectivity index (χ1) is 14.2. The molecule has 1 unspecified atom stereocenters. The van der Waals surface area contributed by atoms with E-state index in [-0.39, 0.29) is 0 Å². The minimum atomic E-state index is 0.673. The summed E-state index contributed by atoms with van der Waals surface area (Å²) in [6, 6.07) is 17.9. The molecule has 0 aliphatic carbocycles. The highest BCUT2D eigenvalue weighted by molar-refractivity contribution is 7.22. The van der Waals surface area contributed by atoms with Crippen LogP contribution in [0, 0.1) is 11.3 Å². The third-order valence-electron chi connectivity index (χ3n) is 6.48. The summed E-state index contributed by atoms with van der Waals surface area (Å²) >= 11 is 1.80. The van der Waals surface area contributed by atoms with Gasteiger partial charge in [0.1, 0.15) is 0 Å². The molecule has 0 spiro atoms. The molecule has 1 aromatic heterocycles. The predicted octanol–water partition coefficient (Wildman–Crippen LogP) is 5.29. The van der Waals surface area contributed by atoms with Gasteiger partial charge in [-0.1, -0.05) is 36.0 Å². The van der Waals surface area contributed by atoms with Crippen molar-refractivity contribution in [1.29, 1.82) is 5.26 Å². The van der Waals surface area contributed by atoms with Gasteiger partial charge in [-0.2, -0.15) is 5.26 Å². The molecule has 2 saturated heterocycles. The lowest BCUT2D eigenvalue weighted by molar-refractivity contribution is 0.115. The zero-order chi connectivity index (χ0) is 19.8. The van der Waals surface area contributed by atoms with Gasteiger partial charge < -0.3 is 4.90 Å². The van der Waals surface area contributed by atoms with Crippen molar-refractivity contribution >= 4 is 26.7 Å². The van der Waals surface area contributed by atoms with Crippen molar-refractivity contribution < 1.29 is 0 Å². The first-order valence-electron chi connectivity index (χ1n) is 10.6. The first kappa shape index (κ1) is 18.6. The fraction of sp³-hybridized carbons (Fsp3) is 0.417. The van der Waals surface area contributed by atoms with Crippen molar-refractivity contribution in [1.82, 2.24) is 9.88 Å². The summed E-state index contributed by atoms with van der Waals surface area (Å²) in [6.07, 6.45) is 5.32. The van der Waals surface area contributed by atoms with Crippen molar-refractivity contribution in [2.75, 3.05) is 24.5 Å². The number of benzene rings is 2. The Balaban J connectivity index is 1.35. The Kier molecular flexibility index (Phi) is 4.99. The molecule has 0 saturated carbocycles. The lowest BCUT2D eigenvalue weighted by Crippen LogP contribution is -2.46. The van der Waals surface area contributed by atoms with Gasteiger partial charge in [-0.25, -0.2) is 4.98 Å². The Labute approximate surface area is 176 Å². The van der Waals surface area contributed by atoms with E-state index < -0.39 is 0 Å². The van der Waals surface area contributed by atoms with Crippen LogP contribution in [-0.2, 0) is 0 Å². The summed E-state index contributed by atoms with van der Waals surface area (Å²) in [5.74, 6) is 0. The van der Waals surface area contributed by atoms with Crippen LogP contribution in [0.4, 0.5) is 5.13 Å². The van der Waals surface area contributed by atoms with Gasteiger partial charge in [-0.05, 0) is 68.1 Å². The Morgan fingerprint density at radius 2 is 1.86 bits per heavy atom. The van der Waals surface area contributed by atoms with Crippen LogP contribution in [-0.4, -0.2) is 41.6 Å². The smallest absolute Gasteiger partial charge is 0.186 e. The summed E-state index contributed by atoms with van der Waals surface area (Å²) in [5.41, 5.74) is 4.10. The van der Waals surface area contributed by atoms with E-state index >= 15 is 0 Å². The molecule has 3 aromatic rings. The number of fused-ring (bicyclic) bond motifs is 1. The molecule has 4 nitrogen and oxygen atoms in total. The molecule has 2 fully saturated rings. The number of aromatic nitrogens is 1. The largest absolute Gasteiger partial charge is 0.346 e. The Morgan fingerprint density at radius 3 is 2.66 bits per heavy atom. The maximum Gasteiger partial charge on any atom is 0.186 e. The fourth-order valence-corrected chi connectivity index (χ4v) is 5.85. The highest BCUT2D eigenvalue weighted by atomic mass is 32.1. The van der Waals surface area contributed by atoms with Gasteiger partial charge in [0.15, 0.2) is 5.13 Å². The topological polar surface area (TPSA) is 43.2 Å². The number of hydrogen-bond donors (Lipinski definition) is 0. The van der Waals surface area contributed by atoms with E-state index in [9.17, 15) is 0 Å². The first-order valence-corrected chi connectivity index (χ1v) is 11.4. The Hall–Kier alpha value is -2.42. The molecule has 5 rings (SSSR count). The minimum absolute atomic E-state index is 0.673. The van der Waals surface area contributed by atoms with Crippen molar-refractivity contribution in [3.05, 3.63) is 48.0 Å². The number of nitrogens with zero attached hydrogens (tertiary/aromatic N) is 4. The molecule has 0 radical (unpaired) electrons. The van der Waals surface area contributed by atoms with Gasteiger partial charge in [-0.15, -0.1) is 0 Å². The molecule has 2 aliphatic rings. The van der Waals surface area contributed by atoms with Crippen molar-refractivity contribution in [2.24, 2.45) is 0 Å². The van der Waals surface area contributed by atoms with Gasteiger partial charge in [-0.3, -0.25) is 4.90 Å². The van der Waals surface area contributed by atoms with Gasteiger partial charge in [0, 0.05) is 25.2 Å². The average molecular weight is 403 g/mol. The van der Waals surface area contributed by atoms with Crippen LogP contribution in [0.15, 0.2) is 42.5 Å². The molecule has 2 aromatic carbocycles. The number of anilines is 1. The van der Waals surface area contributed by atoms with E-state index in [0.717, 1.165) is 35.3 Å². The number of piperidine rings is 1. The van der Waals surface area contributed by atoms with Crippen LogP contribution in [0.2, 0.25) is 0 Å². The summed E-state index contributed by atoms with van der Waals surface area (Å²) in [5, 5.41) is 10.2. The number of rotatable bonds is 3. The number of hydrogen-bond acceptors (Lipinski definition) is 5. The molecular formula is C24H26N4S. The molecule has 148 valence electrons. The zero-order valence-electron chi connectivity index (χ0n) is 16.8. The monoisotopic (exact) mass is 402 g/mol. The SMILES string of the molecule is CC1CCCCN1[C@H]1CCN(c2nc3ccc(-c4ccc(C#N)cc4)cc3s2)C1. The third-order valence-corrected chi connectivity index (χ3v) is 7.56. The van der Waals surface area contributed by atoms with Crippen molar-refractivity contribution in [3.8, 4) is 17.2 Å². The van der Waals surface area contributed by atoms with Gasteiger partial charge in [0.05, 0.1) is 21.8 Å². The molecule has 29 heavy (non-hydrogen) atoms. The van der Waals surface area contributed by atoms with E-state index in [0.29, 0.717) is 11.6 Å². The fourth-order valence-electron chi connectivity index (χ4n) is 4.81. The molecule has 0 amide bonds. The van der Waals surface area contributed by atoms with Gasteiger partial charge in [0.25, 0.3) is 0 Å². The van der Waals surface area contributed by atoms with Gasteiger partial charge >= 0.3 is 0 Å². The second-order valence-corrected chi connectivity index (χ2v) is 9.35. The van der Waals surface area contributed by atoms with E-state index in [2.05, 4.69) is 41.0 Å². The summed E-state index contributed by atoms with van der Waals surface area (Å²) in [4.78, 5) is 10.2. The van der Waals surface area contributed by atoms with Crippen LogP contribution >= 0.6 is 11.3 Å². The van der Waals surface area contributed by atoms with Crippen LogP contribution in [0.25, 0.3) is 21.3 Å². The molecule has 5 heteroatoms. The summed E-state index contributed by atoms with van der Waals surface area (Å²) < 4.78 is 1.23. The molecule has 0 N–H and O–H groups in total. The minimum Gasteiger partial charge on any atom is -0.346 e. The van der Waals surface area contributed by atoms with E-state index in [4.69, 9.17) is 10.2 Å². The van der Waals surface area contributed by atoms with E-state index in [1.54, 1.807) is 11.3 Å². The van der Waals surface area contributed by atoms with Crippen LogP contribution in [0.1, 0.15) is 38.2 Å². The van der Waals surface area contributed by atoms with Crippen LogP contribution in [0.3, 0.4) is 0 Å². The van der Waals surface area contributed by atoms with Crippen molar-refractivity contribution in [3.63, 3.8) is 0 Å². The summed E-state index contributed by atoms with van der Waals surface area (Å²) in [7, 11) is 0. The Morgan fingerprint density at radius 1 is 1.03 bits per heavy atom. The average Bonchev–Trinajstić information content (AvgIpc) is 3.40. The van der Waals surface area contributed by atoms with Crippen molar-refractivity contribution in [2.45, 2.75) is 44.7 Å². The second-order valence-electron chi connectivity index (χ2n) is 8.34. The molecule has 0 bridgehead atoms.